The van der Waals surface area contributed by atoms with Gasteiger partial charge in [-0.3, -0.25) is 14.4 Å². The van der Waals surface area contributed by atoms with Gasteiger partial charge in [0.05, 0.1) is 17.6 Å². The summed E-state index contributed by atoms with van der Waals surface area (Å²) < 4.78 is 17.7. The van der Waals surface area contributed by atoms with Crippen LogP contribution in [0.5, 0.6) is 0 Å². The van der Waals surface area contributed by atoms with Crippen LogP contribution in [-0.2, 0) is 28.6 Å². The molecule has 2 fully saturated rings. The molecule has 2 saturated carbocycles. The number of aliphatic hydroxyl groups excluding tert-OH is 1. The molecule has 1 aromatic rings. The van der Waals surface area contributed by atoms with Crippen LogP contribution < -0.4 is 0 Å². The van der Waals surface area contributed by atoms with Crippen molar-refractivity contribution in [3.8, 4) is 0 Å². The molecule has 39 heavy (non-hydrogen) atoms. The van der Waals surface area contributed by atoms with Gasteiger partial charge < -0.3 is 19.3 Å². The Morgan fingerprint density at radius 3 is 2.28 bits per heavy atom. The zero-order valence-corrected chi connectivity index (χ0v) is 23.4. The normalized spacial score (nSPS) is 36.8. The minimum Gasteiger partial charge on any atom is -0.458 e. The lowest BCUT2D eigenvalue weighted by molar-refractivity contribution is -0.179. The molecule has 0 aliphatic heterocycles. The first-order valence-corrected chi connectivity index (χ1v) is 13.4. The summed E-state index contributed by atoms with van der Waals surface area (Å²) in [6.45, 7) is 14.2. The predicted octanol–water partition coefficient (Wildman–Crippen LogP) is 4.21. The minimum absolute atomic E-state index is 0.0209. The summed E-state index contributed by atoms with van der Waals surface area (Å²) in [6.07, 6.45) is -1.04. The van der Waals surface area contributed by atoms with E-state index in [4.69, 9.17) is 14.2 Å². The van der Waals surface area contributed by atoms with Crippen LogP contribution in [0.3, 0.4) is 0 Å². The third-order valence-electron chi connectivity index (χ3n) is 8.86. The summed E-state index contributed by atoms with van der Waals surface area (Å²) >= 11 is 0. The molecule has 3 aliphatic rings. The van der Waals surface area contributed by atoms with Crippen molar-refractivity contribution < 1.29 is 38.5 Å². The van der Waals surface area contributed by atoms with Crippen LogP contribution in [0.1, 0.15) is 64.7 Å². The predicted molar refractivity (Wildman–Crippen MR) is 142 cm³/mol. The lowest BCUT2D eigenvalue weighted by Gasteiger charge is -2.40. The number of hydrogen-bond acceptors (Lipinski definition) is 8. The molecule has 0 saturated heterocycles. The van der Waals surface area contributed by atoms with Crippen molar-refractivity contribution in [2.75, 3.05) is 0 Å². The number of hydrogen-bond donors (Lipinski definition) is 1. The summed E-state index contributed by atoms with van der Waals surface area (Å²) in [5.74, 6) is -3.94. The van der Waals surface area contributed by atoms with Gasteiger partial charge in [-0.25, -0.2) is 4.79 Å². The van der Waals surface area contributed by atoms with Crippen LogP contribution >= 0.6 is 0 Å². The van der Waals surface area contributed by atoms with Crippen LogP contribution in [0.4, 0.5) is 0 Å². The first-order chi connectivity index (χ1) is 18.2. The highest BCUT2D eigenvalue weighted by Crippen LogP contribution is 2.62. The molecule has 0 bridgehead atoms. The number of fused-ring (bicyclic) bond motifs is 2. The van der Waals surface area contributed by atoms with Gasteiger partial charge in [-0.15, -0.1) is 0 Å². The molecule has 210 valence electrons. The van der Waals surface area contributed by atoms with Gasteiger partial charge in [-0.05, 0) is 59.8 Å². The average molecular weight is 539 g/mol. The largest absolute Gasteiger partial charge is 0.458 e. The second-order valence-corrected chi connectivity index (χ2v) is 11.9. The fraction of sp³-hybridized carbons (Fsp3) is 0.548. The third kappa shape index (κ3) is 5.19. The smallest absolute Gasteiger partial charge is 0.338 e. The third-order valence-corrected chi connectivity index (χ3v) is 8.86. The van der Waals surface area contributed by atoms with E-state index in [2.05, 4.69) is 20.4 Å². The van der Waals surface area contributed by atoms with Crippen molar-refractivity contribution in [1.29, 1.82) is 0 Å². The first-order valence-electron chi connectivity index (χ1n) is 13.4. The summed E-state index contributed by atoms with van der Waals surface area (Å²) in [5.41, 5.74) is -1.08. The second kappa shape index (κ2) is 10.4. The van der Waals surface area contributed by atoms with Gasteiger partial charge in [0.15, 0.2) is 5.60 Å². The van der Waals surface area contributed by atoms with Crippen LogP contribution in [-0.4, -0.2) is 52.7 Å². The molecule has 8 atom stereocenters. The Kier molecular flexibility index (Phi) is 7.65. The number of rotatable bonds is 4. The number of carbonyl (C=O) groups is 4. The molecule has 3 aliphatic carbocycles. The molecular weight excluding hydrogens is 500 g/mol. The van der Waals surface area contributed by atoms with Gasteiger partial charge in [-0.1, -0.05) is 51.6 Å². The number of aliphatic hydroxyl groups is 1. The van der Waals surface area contributed by atoms with E-state index in [-0.39, 0.29) is 29.2 Å². The van der Waals surface area contributed by atoms with Crippen molar-refractivity contribution in [2.24, 2.45) is 29.1 Å². The van der Waals surface area contributed by atoms with Crippen molar-refractivity contribution in [3.05, 3.63) is 59.7 Å². The van der Waals surface area contributed by atoms with Crippen LogP contribution in [0.2, 0.25) is 0 Å². The summed E-state index contributed by atoms with van der Waals surface area (Å²) in [5, 5.41) is 11.3. The standard InChI is InChI=1S/C31H38O8/c1-16-13-22-23(30(22,6)7)14-24(34)18(3)27(37-19(4)32)25-26(38-29(36)21-11-9-8-10-12-21)17(2)15-31(25,28(16)35)39-20(5)33/h8-13,17,22-27,34H,3,14-15H2,1-2,4-7H3/b16-13+/t17-,22+,23-,24+,25+,26-,27-,31+/m0/s1. The van der Waals surface area contributed by atoms with E-state index in [9.17, 15) is 24.3 Å². The quantitative estimate of drug-likeness (QED) is 0.344. The molecule has 0 unspecified atom stereocenters. The molecule has 0 amide bonds. The summed E-state index contributed by atoms with van der Waals surface area (Å²) in [6, 6.07) is 8.39. The molecule has 0 radical (unpaired) electrons. The van der Waals surface area contributed by atoms with E-state index < -0.39 is 59.4 Å². The first kappa shape index (κ1) is 28.7. The highest BCUT2D eigenvalue weighted by molar-refractivity contribution is 6.03. The van der Waals surface area contributed by atoms with Gasteiger partial charge in [-0.2, -0.15) is 0 Å². The second-order valence-electron chi connectivity index (χ2n) is 11.9. The fourth-order valence-corrected chi connectivity index (χ4v) is 6.77. The molecule has 0 spiro atoms. The van der Waals surface area contributed by atoms with E-state index in [1.165, 1.54) is 13.8 Å². The van der Waals surface area contributed by atoms with E-state index in [1.54, 1.807) is 44.2 Å². The molecule has 8 heteroatoms. The van der Waals surface area contributed by atoms with Crippen molar-refractivity contribution >= 4 is 23.7 Å². The van der Waals surface area contributed by atoms with Gasteiger partial charge in [0, 0.05) is 20.3 Å². The van der Waals surface area contributed by atoms with Crippen molar-refractivity contribution in [2.45, 2.75) is 78.3 Å². The number of ketones is 1. The number of benzene rings is 1. The minimum atomic E-state index is -1.81. The molecule has 1 N–H and O–H groups in total. The molecule has 0 heterocycles. The topological polar surface area (TPSA) is 116 Å². The fourth-order valence-electron chi connectivity index (χ4n) is 6.77. The molecule has 4 rings (SSSR count). The lowest BCUT2D eigenvalue weighted by atomic mass is 9.76. The SMILES string of the molecule is C=C1[C@H](O)C[C@H]2[C@@H](/C=C(\C)C(=O)[C@@]3(OC(C)=O)C[C@H](C)[C@H](OC(=O)c4ccccc4)[C@@H]3[C@H]1OC(C)=O)C2(C)C. The zero-order valence-electron chi connectivity index (χ0n) is 23.4. The maximum Gasteiger partial charge on any atom is 0.338 e. The molecule has 1 aromatic carbocycles. The van der Waals surface area contributed by atoms with Gasteiger partial charge in [0.1, 0.15) is 12.2 Å². The molecule has 8 nitrogen and oxygen atoms in total. The van der Waals surface area contributed by atoms with E-state index in [1.807, 2.05) is 6.08 Å². The Balaban J connectivity index is 1.90. The number of allylic oxidation sites excluding steroid dienone is 1. The maximum atomic E-state index is 14.3. The van der Waals surface area contributed by atoms with Gasteiger partial charge in [0.2, 0.25) is 5.78 Å². The van der Waals surface area contributed by atoms with Crippen LogP contribution in [0.25, 0.3) is 0 Å². The zero-order chi connectivity index (χ0) is 28.9. The Hall–Kier alpha value is -3.26. The Bertz CT molecular complexity index is 1210. The van der Waals surface area contributed by atoms with Crippen molar-refractivity contribution in [1.82, 2.24) is 0 Å². The monoisotopic (exact) mass is 538 g/mol. The number of esters is 3. The maximum absolute atomic E-state index is 14.3. The average Bonchev–Trinajstić information content (AvgIpc) is 3.23. The van der Waals surface area contributed by atoms with E-state index >= 15 is 0 Å². The van der Waals surface area contributed by atoms with Gasteiger partial charge >= 0.3 is 17.9 Å². The number of ether oxygens (including phenoxy) is 3. The van der Waals surface area contributed by atoms with E-state index in [0.717, 1.165) is 0 Å². The highest BCUT2D eigenvalue weighted by Gasteiger charge is 2.66. The Labute approximate surface area is 229 Å². The summed E-state index contributed by atoms with van der Waals surface area (Å²) in [7, 11) is 0. The Morgan fingerprint density at radius 2 is 1.69 bits per heavy atom. The van der Waals surface area contributed by atoms with E-state index in [0.29, 0.717) is 17.6 Å². The Morgan fingerprint density at radius 1 is 1.05 bits per heavy atom. The highest BCUT2D eigenvalue weighted by atomic mass is 16.6. The summed E-state index contributed by atoms with van der Waals surface area (Å²) in [4.78, 5) is 52.5. The lowest BCUT2D eigenvalue weighted by Crippen LogP contribution is -2.55. The van der Waals surface area contributed by atoms with Crippen LogP contribution in [0, 0.1) is 29.1 Å². The number of Topliss-reactive ketones (excluding diaryl/α,β-unsaturated/α-hetero) is 1. The molecular formula is C31H38O8. The van der Waals surface area contributed by atoms with Crippen LogP contribution in [0.15, 0.2) is 54.1 Å². The molecule has 0 aromatic heterocycles. The van der Waals surface area contributed by atoms with Gasteiger partial charge in [0.25, 0.3) is 0 Å². The number of carbonyl (C=O) groups excluding carboxylic acids is 4. The van der Waals surface area contributed by atoms with Crippen molar-refractivity contribution in [3.63, 3.8) is 0 Å².